The number of carbonyl (C=O) groups excluding carboxylic acids is 3. The number of allylic oxidation sites excluding steroid dienone is 2. The molecule has 2 bridgehead atoms. The van der Waals surface area contributed by atoms with Gasteiger partial charge in [-0.1, -0.05) is 12.2 Å². The lowest BCUT2D eigenvalue weighted by Gasteiger charge is -2.17. The quantitative estimate of drug-likeness (QED) is 0.487. The number of amides is 2. The van der Waals surface area contributed by atoms with Crippen molar-refractivity contribution in [2.75, 3.05) is 4.90 Å². The van der Waals surface area contributed by atoms with E-state index in [4.69, 9.17) is 4.74 Å². The standard InChI is InChI=1S/C19H19NO4/c1-10(2)24-19(23)11-5-7-14(8-6-11)20-17(21)15-12-3-4-13(9-12)16(15)18(20)22/h3-8,10,12-13,15-16H,9H2,1-2H3. The summed E-state index contributed by atoms with van der Waals surface area (Å²) >= 11 is 0. The van der Waals surface area contributed by atoms with Gasteiger partial charge < -0.3 is 4.74 Å². The highest BCUT2D eigenvalue weighted by Crippen LogP contribution is 2.53. The third kappa shape index (κ3) is 2.11. The number of imide groups is 1. The summed E-state index contributed by atoms with van der Waals surface area (Å²) in [6.45, 7) is 3.57. The molecular formula is C19H19NO4. The Bertz CT molecular complexity index is 719. The number of hydrogen-bond donors (Lipinski definition) is 0. The van der Waals surface area contributed by atoms with Crippen LogP contribution in [0.5, 0.6) is 0 Å². The highest BCUT2D eigenvalue weighted by molar-refractivity contribution is 6.22. The van der Waals surface area contributed by atoms with Gasteiger partial charge >= 0.3 is 5.97 Å². The molecule has 0 N–H and O–H groups in total. The predicted molar refractivity (Wildman–Crippen MR) is 87.2 cm³/mol. The summed E-state index contributed by atoms with van der Waals surface area (Å²) in [5.41, 5.74) is 0.938. The van der Waals surface area contributed by atoms with Crippen molar-refractivity contribution in [3.05, 3.63) is 42.0 Å². The third-order valence-corrected chi connectivity index (χ3v) is 5.17. The van der Waals surface area contributed by atoms with Gasteiger partial charge in [-0.3, -0.25) is 14.5 Å². The van der Waals surface area contributed by atoms with Crippen molar-refractivity contribution in [3.63, 3.8) is 0 Å². The van der Waals surface area contributed by atoms with Gasteiger partial charge in [0.2, 0.25) is 11.8 Å². The highest BCUT2D eigenvalue weighted by Gasteiger charge is 2.59. The van der Waals surface area contributed by atoms with E-state index in [1.165, 1.54) is 4.90 Å². The second-order valence-electron chi connectivity index (χ2n) is 7.01. The van der Waals surface area contributed by atoms with Crippen LogP contribution in [0.3, 0.4) is 0 Å². The number of rotatable bonds is 3. The molecule has 1 saturated carbocycles. The van der Waals surface area contributed by atoms with Crippen LogP contribution in [-0.2, 0) is 14.3 Å². The van der Waals surface area contributed by atoms with Crippen LogP contribution in [0.2, 0.25) is 0 Å². The van der Waals surface area contributed by atoms with E-state index in [9.17, 15) is 14.4 Å². The Labute approximate surface area is 140 Å². The second-order valence-corrected chi connectivity index (χ2v) is 7.01. The number of esters is 1. The molecule has 3 aliphatic rings. The fourth-order valence-corrected chi connectivity index (χ4v) is 4.19. The molecule has 5 nitrogen and oxygen atoms in total. The molecule has 2 aliphatic carbocycles. The van der Waals surface area contributed by atoms with Gasteiger partial charge in [0, 0.05) is 0 Å². The molecule has 1 aromatic rings. The summed E-state index contributed by atoms with van der Waals surface area (Å²) in [5, 5.41) is 0. The van der Waals surface area contributed by atoms with Gasteiger partial charge in [0.25, 0.3) is 0 Å². The normalized spacial score (nSPS) is 30.4. The first-order valence-electron chi connectivity index (χ1n) is 8.34. The zero-order valence-corrected chi connectivity index (χ0v) is 13.6. The Morgan fingerprint density at radius 2 is 1.58 bits per heavy atom. The molecule has 1 heterocycles. The summed E-state index contributed by atoms with van der Waals surface area (Å²) in [6.07, 6.45) is 4.87. The van der Waals surface area contributed by atoms with E-state index in [-0.39, 0.29) is 41.6 Å². The average Bonchev–Trinajstić information content (AvgIpc) is 3.21. The number of nitrogens with zero attached hydrogens (tertiary/aromatic N) is 1. The van der Waals surface area contributed by atoms with E-state index in [0.717, 1.165) is 6.42 Å². The molecule has 5 heteroatoms. The van der Waals surface area contributed by atoms with Gasteiger partial charge in [-0.15, -0.1) is 0 Å². The lowest BCUT2D eigenvalue weighted by atomic mass is 9.85. The van der Waals surface area contributed by atoms with Crippen LogP contribution in [0.25, 0.3) is 0 Å². The van der Waals surface area contributed by atoms with Gasteiger partial charge in [0.05, 0.1) is 29.2 Å². The number of hydrogen-bond acceptors (Lipinski definition) is 4. The van der Waals surface area contributed by atoms with E-state index >= 15 is 0 Å². The highest BCUT2D eigenvalue weighted by atomic mass is 16.5. The molecule has 4 rings (SSSR count). The van der Waals surface area contributed by atoms with Crippen molar-refractivity contribution in [2.45, 2.75) is 26.4 Å². The largest absolute Gasteiger partial charge is 0.459 e. The smallest absolute Gasteiger partial charge is 0.338 e. The van der Waals surface area contributed by atoms with Crippen molar-refractivity contribution in [2.24, 2.45) is 23.7 Å². The number of ether oxygens (including phenoxy) is 1. The first kappa shape index (κ1) is 15.1. The van der Waals surface area contributed by atoms with E-state index in [0.29, 0.717) is 11.3 Å². The maximum Gasteiger partial charge on any atom is 0.338 e. The van der Waals surface area contributed by atoms with Gasteiger partial charge in [-0.25, -0.2) is 4.79 Å². The minimum Gasteiger partial charge on any atom is -0.459 e. The zero-order chi connectivity index (χ0) is 17.0. The fourth-order valence-electron chi connectivity index (χ4n) is 4.19. The minimum atomic E-state index is -0.408. The Kier molecular flexibility index (Phi) is 3.34. The predicted octanol–water partition coefficient (Wildman–Crippen LogP) is 2.56. The van der Waals surface area contributed by atoms with Crippen LogP contribution < -0.4 is 4.90 Å². The molecule has 1 aliphatic heterocycles. The summed E-state index contributed by atoms with van der Waals surface area (Å²) < 4.78 is 5.15. The molecular weight excluding hydrogens is 306 g/mol. The lowest BCUT2D eigenvalue weighted by Crippen LogP contribution is -2.32. The molecule has 1 saturated heterocycles. The van der Waals surface area contributed by atoms with E-state index in [1.54, 1.807) is 38.1 Å². The van der Waals surface area contributed by atoms with Gasteiger partial charge in [0.15, 0.2) is 0 Å². The van der Waals surface area contributed by atoms with Crippen LogP contribution in [0.15, 0.2) is 36.4 Å². The minimum absolute atomic E-state index is 0.112. The molecule has 2 amide bonds. The van der Waals surface area contributed by atoms with Gasteiger partial charge in [0.1, 0.15) is 0 Å². The SMILES string of the molecule is CC(C)OC(=O)c1ccc(N2C(=O)C3C4C=CC(C4)C3C2=O)cc1. The van der Waals surface area contributed by atoms with Crippen LogP contribution >= 0.6 is 0 Å². The average molecular weight is 325 g/mol. The van der Waals surface area contributed by atoms with Crippen LogP contribution in [0, 0.1) is 23.7 Å². The van der Waals surface area contributed by atoms with Crippen molar-refractivity contribution < 1.29 is 19.1 Å². The Balaban J connectivity index is 1.58. The monoisotopic (exact) mass is 325 g/mol. The maximum atomic E-state index is 12.7. The van der Waals surface area contributed by atoms with E-state index in [1.807, 2.05) is 0 Å². The molecule has 124 valence electrons. The number of carbonyl (C=O) groups is 3. The fraction of sp³-hybridized carbons (Fsp3) is 0.421. The van der Waals surface area contributed by atoms with Crippen molar-refractivity contribution in [3.8, 4) is 0 Å². The van der Waals surface area contributed by atoms with Crippen LogP contribution in [0.4, 0.5) is 5.69 Å². The molecule has 0 radical (unpaired) electrons. The first-order valence-corrected chi connectivity index (χ1v) is 8.34. The summed E-state index contributed by atoms with van der Waals surface area (Å²) in [5.74, 6) is -0.659. The summed E-state index contributed by atoms with van der Waals surface area (Å²) in [4.78, 5) is 38.6. The Hall–Kier alpha value is -2.43. The Morgan fingerprint density at radius 1 is 1.04 bits per heavy atom. The molecule has 4 unspecified atom stereocenters. The first-order chi connectivity index (χ1) is 11.5. The third-order valence-electron chi connectivity index (χ3n) is 5.17. The van der Waals surface area contributed by atoms with Crippen LogP contribution in [0.1, 0.15) is 30.6 Å². The molecule has 1 aromatic carbocycles. The van der Waals surface area contributed by atoms with E-state index < -0.39 is 5.97 Å². The van der Waals surface area contributed by atoms with Crippen molar-refractivity contribution in [1.29, 1.82) is 0 Å². The number of fused-ring (bicyclic) bond motifs is 5. The maximum absolute atomic E-state index is 12.7. The molecule has 0 spiro atoms. The van der Waals surface area contributed by atoms with Crippen molar-refractivity contribution >= 4 is 23.5 Å². The zero-order valence-electron chi connectivity index (χ0n) is 13.6. The molecule has 24 heavy (non-hydrogen) atoms. The molecule has 4 atom stereocenters. The van der Waals surface area contributed by atoms with Crippen LogP contribution in [-0.4, -0.2) is 23.9 Å². The second kappa shape index (κ2) is 5.30. The molecule has 0 aromatic heterocycles. The van der Waals surface area contributed by atoms with Gasteiger partial charge in [-0.05, 0) is 56.4 Å². The van der Waals surface area contributed by atoms with E-state index in [2.05, 4.69) is 12.2 Å². The number of benzene rings is 1. The topological polar surface area (TPSA) is 63.7 Å². The summed E-state index contributed by atoms with van der Waals surface area (Å²) in [6, 6.07) is 6.48. The number of anilines is 1. The summed E-state index contributed by atoms with van der Waals surface area (Å²) in [7, 11) is 0. The molecule has 2 fully saturated rings. The lowest BCUT2D eigenvalue weighted by molar-refractivity contribution is -0.123. The van der Waals surface area contributed by atoms with Crippen molar-refractivity contribution in [1.82, 2.24) is 0 Å². The van der Waals surface area contributed by atoms with Gasteiger partial charge in [-0.2, -0.15) is 0 Å². The Morgan fingerprint density at radius 3 is 2.08 bits per heavy atom.